The Kier molecular flexibility index (Phi) is 14.0. The Bertz CT molecular complexity index is 509. The van der Waals surface area contributed by atoms with Gasteiger partial charge in [-0.2, -0.15) is 0 Å². The molecule has 0 saturated heterocycles. The highest BCUT2D eigenvalue weighted by Gasteiger charge is 2.28. The predicted octanol–water partition coefficient (Wildman–Crippen LogP) is 7.26. The number of allylic oxidation sites excluding steroid dienone is 1. The molecule has 30 heavy (non-hydrogen) atoms. The molecule has 0 radical (unpaired) electrons. The molecule has 0 aliphatic heterocycles. The lowest BCUT2D eigenvalue weighted by atomic mass is 9.72. The summed E-state index contributed by atoms with van der Waals surface area (Å²) < 4.78 is 9.84. The van der Waals surface area contributed by atoms with E-state index >= 15 is 0 Å². The van der Waals surface area contributed by atoms with Gasteiger partial charge in [0.25, 0.3) is 0 Å². The van der Waals surface area contributed by atoms with Crippen molar-refractivity contribution >= 4 is 11.9 Å². The van der Waals surface area contributed by atoms with Crippen molar-refractivity contribution in [3.8, 4) is 0 Å². The van der Waals surface area contributed by atoms with Crippen molar-refractivity contribution in [2.45, 2.75) is 113 Å². The quantitative estimate of drug-likeness (QED) is 0.344. The van der Waals surface area contributed by atoms with E-state index in [0.717, 1.165) is 12.8 Å². The van der Waals surface area contributed by atoms with Crippen molar-refractivity contribution in [1.82, 2.24) is 0 Å². The van der Waals surface area contributed by atoms with Gasteiger partial charge in [-0.25, -0.2) is 4.79 Å². The third-order valence-electron chi connectivity index (χ3n) is 6.07. The Morgan fingerprint density at radius 3 is 1.80 bits per heavy atom. The molecule has 2 saturated carbocycles. The molecule has 176 valence electrons. The number of carbonyl (C=O) groups excluding carboxylic acids is 2. The number of rotatable bonds is 5. The molecule has 0 aromatic carbocycles. The van der Waals surface area contributed by atoms with Crippen LogP contribution in [0, 0.1) is 16.7 Å². The molecule has 0 atom stereocenters. The molecule has 0 bridgehead atoms. The zero-order valence-corrected chi connectivity index (χ0v) is 21.1. The van der Waals surface area contributed by atoms with E-state index in [-0.39, 0.29) is 11.9 Å². The zero-order valence-electron chi connectivity index (χ0n) is 21.1. The van der Waals surface area contributed by atoms with Crippen molar-refractivity contribution in [3.05, 3.63) is 11.6 Å². The Balaban J connectivity index is 0.000000518. The minimum absolute atomic E-state index is 0.0165. The number of ether oxygens (including phenoxy) is 2. The number of hydrogen-bond donors (Lipinski definition) is 0. The second kappa shape index (κ2) is 14.6. The second-order valence-corrected chi connectivity index (χ2v) is 9.84. The summed E-state index contributed by atoms with van der Waals surface area (Å²) in [6.07, 6.45) is 11.6. The first kappa shape index (κ1) is 28.7. The number of carbonyl (C=O) groups is 2. The van der Waals surface area contributed by atoms with Crippen LogP contribution in [0.4, 0.5) is 0 Å². The average Bonchev–Trinajstić information content (AvgIpc) is 2.68. The highest BCUT2D eigenvalue weighted by Crippen LogP contribution is 2.39. The van der Waals surface area contributed by atoms with Gasteiger partial charge in [0.2, 0.25) is 0 Å². The molecule has 0 aromatic heterocycles. The van der Waals surface area contributed by atoms with Gasteiger partial charge >= 0.3 is 11.9 Å². The van der Waals surface area contributed by atoms with Gasteiger partial charge in [-0.3, -0.25) is 4.79 Å². The summed E-state index contributed by atoms with van der Waals surface area (Å²) in [7, 11) is 0. The third kappa shape index (κ3) is 13.1. The Labute approximate surface area is 186 Å². The van der Waals surface area contributed by atoms with E-state index in [2.05, 4.69) is 27.7 Å². The first-order chi connectivity index (χ1) is 14.1. The van der Waals surface area contributed by atoms with E-state index in [9.17, 15) is 9.59 Å². The lowest BCUT2D eigenvalue weighted by molar-refractivity contribution is -0.144. The van der Waals surface area contributed by atoms with E-state index in [1.54, 1.807) is 6.08 Å². The summed E-state index contributed by atoms with van der Waals surface area (Å²) in [4.78, 5) is 22.4. The van der Waals surface area contributed by atoms with Crippen LogP contribution in [-0.2, 0) is 19.1 Å². The maximum absolute atomic E-state index is 11.3. The van der Waals surface area contributed by atoms with Crippen molar-refractivity contribution in [3.63, 3.8) is 0 Å². The van der Waals surface area contributed by atoms with Crippen LogP contribution >= 0.6 is 0 Å². The molecule has 2 aliphatic carbocycles. The maximum atomic E-state index is 11.3. The third-order valence-corrected chi connectivity index (χ3v) is 6.07. The molecule has 0 unspecified atom stereocenters. The molecule has 0 N–H and O–H groups in total. The molecule has 4 heteroatoms. The highest BCUT2D eigenvalue weighted by molar-refractivity contribution is 5.82. The molecule has 4 nitrogen and oxygen atoms in total. The molecular formula is C26H48O4. The van der Waals surface area contributed by atoms with Gasteiger partial charge in [0.1, 0.15) is 0 Å². The van der Waals surface area contributed by atoms with Crippen molar-refractivity contribution < 1.29 is 19.1 Å². The lowest BCUT2D eigenvalue weighted by Gasteiger charge is -2.33. The van der Waals surface area contributed by atoms with Crippen LogP contribution in [0.3, 0.4) is 0 Å². The molecule has 2 fully saturated rings. The van der Waals surface area contributed by atoms with Gasteiger partial charge in [0, 0.05) is 12.5 Å². The van der Waals surface area contributed by atoms with E-state index in [0.29, 0.717) is 36.4 Å². The smallest absolute Gasteiger partial charge is 0.330 e. The van der Waals surface area contributed by atoms with Gasteiger partial charge < -0.3 is 9.47 Å². The van der Waals surface area contributed by atoms with Crippen LogP contribution in [0.25, 0.3) is 0 Å². The van der Waals surface area contributed by atoms with E-state index in [1.807, 2.05) is 27.7 Å². The highest BCUT2D eigenvalue weighted by atomic mass is 16.5. The molecule has 0 aromatic rings. The van der Waals surface area contributed by atoms with Crippen LogP contribution < -0.4 is 0 Å². The summed E-state index contributed by atoms with van der Waals surface area (Å²) in [5, 5.41) is 0. The van der Waals surface area contributed by atoms with Gasteiger partial charge in [0.15, 0.2) is 0 Å². The van der Waals surface area contributed by atoms with Gasteiger partial charge in [-0.05, 0) is 82.0 Å². The van der Waals surface area contributed by atoms with Crippen LogP contribution in [0.1, 0.15) is 113 Å². The lowest BCUT2D eigenvalue weighted by Crippen LogP contribution is -2.23. The fraction of sp³-hybridized carbons (Fsp3) is 0.846. The summed E-state index contributed by atoms with van der Waals surface area (Å²) in [5.41, 5.74) is 2.19. The Hall–Kier alpha value is -1.32. The summed E-state index contributed by atoms with van der Waals surface area (Å²) in [6, 6.07) is 0. The van der Waals surface area contributed by atoms with Crippen LogP contribution in [0.2, 0.25) is 0 Å². The zero-order chi connectivity index (χ0) is 23.2. The van der Waals surface area contributed by atoms with Crippen molar-refractivity contribution in [2.24, 2.45) is 16.7 Å². The Morgan fingerprint density at radius 2 is 1.33 bits per heavy atom. The molecule has 2 aliphatic rings. The van der Waals surface area contributed by atoms with E-state index in [1.165, 1.54) is 44.1 Å². The van der Waals surface area contributed by atoms with E-state index in [4.69, 9.17) is 9.47 Å². The summed E-state index contributed by atoms with van der Waals surface area (Å²) >= 11 is 0. The van der Waals surface area contributed by atoms with Gasteiger partial charge in [-0.1, -0.05) is 47.1 Å². The topological polar surface area (TPSA) is 52.6 Å². The van der Waals surface area contributed by atoms with Crippen LogP contribution in [0.15, 0.2) is 11.6 Å². The Morgan fingerprint density at radius 1 is 0.867 bits per heavy atom. The fourth-order valence-corrected chi connectivity index (χ4v) is 3.86. The summed E-state index contributed by atoms with van der Waals surface area (Å²) in [6.45, 7) is 17.9. The van der Waals surface area contributed by atoms with Crippen molar-refractivity contribution in [1.29, 1.82) is 0 Å². The predicted molar refractivity (Wildman–Crippen MR) is 125 cm³/mol. The van der Waals surface area contributed by atoms with Crippen LogP contribution in [0.5, 0.6) is 0 Å². The van der Waals surface area contributed by atoms with Crippen molar-refractivity contribution in [2.75, 3.05) is 13.2 Å². The molecule has 0 heterocycles. The van der Waals surface area contributed by atoms with E-state index < -0.39 is 0 Å². The first-order valence-corrected chi connectivity index (χ1v) is 12.1. The minimum Gasteiger partial charge on any atom is -0.466 e. The fourth-order valence-electron chi connectivity index (χ4n) is 3.86. The number of esters is 2. The van der Waals surface area contributed by atoms with Gasteiger partial charge in [0.05, 0.1) is 13.2 Å². The standard InChI is InChI=1S/C12H22O2.C12H20O2.C2H6/c2*1-4-14-11(13)9-10-5-7-12(2,3)8-6-10;1-2/h10H,4-9H2,1-3H3;9H,4-8H2,1-3H3;1-2H3. The molecule has 2 rings (SSSR count). The normalized spacial score (nSPS) is 19.9. The van der Waals surface area contributed by atoms with Gasteiger partial charge in [-0.15, -0.1) is 0 Å². The minimum atomic E-state index is -0.179. The number of hydrogen-bond acceptors (Lipinski definition) is 4. The van der Waals surface area contributed by atoms with Crippen LogP contribution in [-0.4, -0.2) is 25.2 Å². The largest absolute Gasteiger partial charge is 0.466 e. The SMILES string of the molecule is CC.CCOC(=O)C=C1CCC(C)(C)CC1.CCOC(=O)CC1CCC(C)(C)CC1. The second-order valence-electron chi connectivity index (χ2n) is 9.84. The molecule has 0 spiro atoms. The maximum Gasteiger partial charge on any atom is 0.330 e. The molecule has 0 amide bonds. The first-order valence-electron chi connectivity index (χ1n) is 12.1. The molecular weight excluding hydrogens is 376 g/mol. The summed E-state index contributed by atoms with van der Waals surface area (Å²) in [5.74, 6) is 0.376. The monoisotopic (exact) mass is 424 g/mol. The average molecular weight is 425 g/mol.